The largest absolute Gasteiger partial charge is 0.471 e. The molecule has 0 atom stereocenters. The second-order valence-electron chi connectivity index (χ2n) is 6.08. The summed E-state index contributed by atoms with van der Waals surface area (Å²) in [6.07, 6.45) is 0. The van der Waals surface area contributed by atoms with E-state index in [9.17, 15) is 9.18 Å². The molecule has 8 heteroatoms. The Morgan fingerprint density at radius 3 is 2.78 bits per heavy atom. The van der Waals surface area contributed by atoms with Crippen LogP contribution >= 0.6 is 0 Å². The van der Waals surface area contributed by atoms with Gasteiger partial charge in [-0.25, -0.2) is 4.39 Å². The van der Waals surface area contributed by atoms with Crippen LogP contribution in [0.25, 0.3) is 0 Å². The molecule has 1 N–H and O–H groups in total. The molecule has 3 heterocycles. The van der Waals surface area contributed by atoms with Gasteiger partial charge in [-0.1, -0.05) is 6.07 Å². The summed E-state index contributed by atoms with van der Waals surface area (Å²) in [5, 5.41) is 7.39. The molecule has 0 saturated carbocycles. The number of carbonyl (C=O) groups excluding carboxylic acids is 1. The van der Waals surface area contributed by atoms with Gasteiger partial charge in [-0.2, -0.15) is 10.1 Å². The molecule has 0 unspecified atom stereocenters. The zero-order chi connectivity index (χ0) is 18.8. The fourth-order valence-corrected chi connectivity index (χ4v) is 2.97. The van der Waals surface area contributed by atoms with E-state index >= 15 is 0 Å². The molecule has 0 bridgehead atoms. The molecule has 138 valence electrons. The molecule has 2 aromatic heterocycles. The van der Waals surface area contributed by atoms with Crippen molar-refractivity contribution in [2.24, 2.45) is 0 Å². The number of pyridine rings is 1. The maximum Gasteiger partial charge on any atom is 0.276 e. The smallest absolute Gasteiger partial charge is 0.276 e. The zero-order valence-corrected chi connectivity index (χ0v) is 14.7. The first-order chi connectivity index (χ1) is 13.1. The number of hydrogen-bond acceptors (Lipinski definition) is 5. The Morgan fingerprint density at radius 2 is 2.00 bits per heavy atom. The number of nitrogens with zero attached hydrogens (tertiary/aromatic N) is 4. The monoisotopic (exact) mass is 367 g/mol. The van der Waals surface area contributed by atoms with E-state index in [2.05, 4.69) is 15.4 Å². The number of halogens is 1. The SMILES string of the molecule is CNc1cccc(OCc2cc3n(n2)CCN(c2ccc(F)cc2)C3=O)n1. The number of anilines is 2. The molecule has 7 nitrogen and oxygen atoms in total. The van der Waals surface area contributed by atoms with E-state index in [-0.39, 0.29) is 18.3 Å². The molecule has 1 aliphatic heterocycles. The summed E-state index contributed by atoms with van der Waals surface area (Å²) in [4.78, 5) is 18.7. The normalized spacial score (nSPS) is 13.4. The van der Waals surface area contributed by atoms with Crippen LogP contribution in [0.15, 0.2) is 48.5 Å². The highest BCUT2D eigenvalue weighted by molar-refractivity contribution is 6.05. The lowest BCUT2D eigenvalue weighted by Crippen LogP contribution is -2.40. The van der Waals surface area contributed by atoms with Crippen LogP contribution in [0.3, 0.4) is 0 Å². The standard InChI is InChI=1S/C19H18FN5O2/c1-21-17-3-2-4-18(22-17)27-12-14-11-16-19(26)24(9-10-25(16)23-14)15-7-5-13(20)6-8-15/h2-8,11H,9-10,12H2,1H3,(H,21,22). The van der Waals surface area contributed by atoms with Gasteiger partial charge in [-0.15, -0.1) is 0 Å². The van der Waals surface area contributed by atoms with Crippen LogP contribution in [0, 0.1) is 5.82 Å². The van der Waals surface area contributed by atoms with Crippen LogP contribution in [-0.2, 0) is 13.2 Å². The van der Waals surface area contributed by atoms with Gasteiger partial charge in [-0.05, 0) is 36.4 Å². The maximum atomic E-state index is 13.1. The number of aromatic nitrogens is 3. The molecule has 27 heavy (non-hydrogen) atoms. The number of benzene rings is 1. The van der Waals surface area contributed by atoms with Crippen molar-refractivity contribution in [1.82, 2.24) is 14.8 Å². The molecule has 0 radical (unpaired) electrons. The highest BCUT2D eigenvalue weighted by Crippen LogP contribution is 2.22. The van der Waals surface area contributed by atoms with Gasteiger partial charge in [0.2, 0.25) is 5.88 Å². The molecular formula is C19H18FN5O2. The average molecular weight is 367 g/mol. The minimum atomic E-state index is -0.330. The Morgan fingerprint density at radius 1 is 1.19 bits per heavy atom. The first kappa shape index (κ1) is 17.0. The van der Waals surface area contributed by atoms with Gasteiger partial charge in [0, 0.05) is 25.3 Å². The first-order valence-electron chi connectivity index (χ1n) is 8.56. The van der Waals surface area contributed by atoms with E-state index in [1.807, 2.05) is 12.1 Å². The van der Waals surface area contributed by atoms with Crippen molar-refractivity contribution in [2.75, 3.05) is 23.8 Å². The lowest BCUT2D eigenvalue weighted by atomic mass is 10.2. The number of amides is 1. The highest BCUT2D eigenvalue weighted by Gasteiger charge is 2.27. The van der Waals surface area contributed by atoms with Crippen molar-refractivity contribution < 1.29 is 13.9 Å². The molecule has 0 aliphatic carbocycles. The van der Waals surface area contributed by atoms with Crippen molar-refractivity contribution in [3.8, 4) is 5.88 Å². The molecule has 1 aliphatic rings. The van der Waals surface area contributed by atoms with Crippen LogP contribution in [0.2, 0.25) is 0 Å². The summed E-state index contributed by atoms with van der Waals surface area (Å²) in [5.41, 5.74) is 1.80. The fraction of sp³-hybridized carbons (Fsp3) is 0.211. The molecule has 0 fully saturated rings. The van der Waals surface area contributed by atoms with Gasteiger partial charge >= 0.3 is 0 Å². The van der Waals surface area contributed by atoms with Crippen molar-refractivity contribution in [2.45, 2.75) is 13.2 Å². The highest BCUT2D eigenvalue weighted by atomic mass is 19.1. The van der Waals surface area contributed by atoms with Crippen molar-refractivity contribution >= 4 is 17.4 Å². The Balaban J connectivity index is 1.49. The van der Waals surface area contributed by atoms with Crippen molar-refractivity contribution in [3.05, 3.63) is 65.7 Å². The third-order valence-electron chi connectivity index (χ3n) is 4.32. The molecule has 0 spiro atoms. The van der Waals surface area contributed by atoms with Gasteiger partial charge in [0.05, 0.1) is 6.54 Å². The summed E-state index contributed by atoms with van der Waals surface area (Å²) >= 11 is 0. The number of carbonyl (C=O) groups is 1. The predicted molar refractivity (Wildman–Crippen MR) is 98.4 cm³/mol. The quantitative estimate of drug-likeness (QED) is 0.751. The Bertz CT molecular complexity index is 970. The van der Waals surface area contributed by atoms with E-state index in [4.69, 9.17) is 4.74 Å². The summed E-state index contributed by atoms with van der Waals surface area (Å²) in [6, 6.07) is 13.1. The molecule has 3 aromatic rings. The Hall–Kier alpha value is -3.42. The van der Waals surface area contributed by atoms with E-state index < -0.39 is 0 Å². The molecule has 0 saturated heterocycles. The predicted octanol–water partition coefficient (Wildman–Crippen LogP) is 2.70. The second-order valence-corrected chi connectivity index (χ2v) is 6.08. The van der Waals surface area contributed by atoms with Crippen molar-refractivity contribution in [3.63, 3.8) is 0 Å². The van der Waals surface area contributed by atoms with Crippen LogP contribution in [-0.4, -0.2) is 34.3 Å². The zero-order valence-electron chi connectivity index (χ0n) is 14.7. The van der Waals surface area contributed by atoms with E-state index in [0.717, 1.165) is 0 Å². The third-order valence-corrected chi connectivity index (χ3v) is 4.32. The van der Waals surface area contributed by atoms with Gasteiger partial charge in [0.15, 0.2) is 0 Å². The number of ether oxygens (including phenoxy) is 1. The summed E-state index contributed by atoms with van der Waals surface area (Å²) < 4.78 is 20.5. The number of rotatable bonds is 5. The lowest BCUT2D eigenvalue weighted by Gasteiger charge is -2.27. The van der Waals surface area contributed by atoms with Gasteiger partial charge in [0.1, 0.15) is 29.6 Å². The molecule has 1 aromatic carbocycles. The number of fused-ring (bicyclic) bond motifs is 1. The summed E-state index contributed by atoms with van der Waals surface area (Å²) in [5.74, 6) is 0.694. The topological polar surface area (TPSA) is 72.3 Å². The second kappa shape index (κ2) is 7.06. The maximum absolute atomic E-state index is 13.1. The Kier molecular flexibility index (Phi) is 4.45. The van der Waals surface area contributed by atoms with E-state index in [1.54, 1.807) is 40.9 Å². The average Bonchev–Trinajstić information content (AvgIpc) is 3.12. The van der Waals surface area contributed by atoms with Gasteiger partial charge < -0.3 is 15.0 Å². The minimum absolute atomic E-state index is 0.165. The summed E-state index contributed by atoms with van der Waals surface area (Å²) in [7, 11) is 1.79. The minimum Gasteiger partial charge on any atom is -0.471 e. The molecule has 4 rings (SSSR count). The fourth-order valence-electron chi connectivity index (χ4n) is 2.97. The third kappa shape index (κ3) is 3.46. The number of nitrogens with one attached hydrogen (secondary N) is 1. The van der Waals surface area contributed by atoms with Crippen LogP contribution in [0.5, 0.6) is 5.88 Å². The molecule has 1 amide bonds. The number of hydrogen-bond donors (Lipinski definition) is 1. The molecular weight excluding hydrogens is 349 g/mol. The summed E-state index contributed by atoms with van der Waals surface area (Å²) in [6.45, 7) is 1.25. The first-order valence-corrected chi connectivity index (χ1v) is 8.56. The van der Waals surface area contributed by atoms with Crippen LogP contribution < -0.4 is 15.0 Å². The Labute approximate surface area is 155 Å². The van der Waals surface area contributed by atoms with Crippen LogP contribution in [0.4, 0.5) is 15.9 Å². The van der Waals surface area contributed by atoms with Crippen molar-refractivity contribution in [1.29, 1.82) is 0 Å². The van der Waals surface area contributed by atoms with Gasteiger partial charge in [0.25, 0.3) is 5.91 Å². The van der Waals surface area contributed by atoms with E-state index in [1.165, 1.54) is 12.1 Å². The van der Waals surface area contributed by atoms with Crippen LogP contribution in [0.1, 0.15) is 16.2 Å². The van der Waals surface area contributed by atoms with Gasteiger partial charge in [-0.3, -0.25) is 9.48 Å². The van der Waals surface area contributed by atoms with E-state index in [0.29, 0.717) is 41.9 Å². The lowest BCUT2D eigenvalue weighted by molar-refractivity contribution is 0.0962.